The van der Waals surface area contributed by atoms with Gasteiger partial charge in [0.2, 0.25) is 0 Å². The number of pyridine rings is 2. The van der Waals surface area contributed by atoms with Gasteiger partial charge < -0.3 is 23.9 Å². The van der Waals surface area contributed by atoms with Gasteiger partial charge in [-0.25, -0.2) is 4.98 Å². The van der Waals surface area contributed by atoms with Crippen LogP contribution in [0.4, 0.5) is 0 Å². The smallest absolute Gasteiger partial charge is 0.545 e. The first-order chi connectivity index (χ1) is 14.9. The van der Waals surface area contributed by atoms with Crippen LogP contribution < -0.4 is 49.6 Å². The number of methoxy groups -OCH3 is 1. The number of hydrogen-bond donors (Lipinski definition) is 0. The van der Waals surface area contributed by atoms with Crippen LogP contribution in [0.2, 0.25) is 5.02 Å². The first-order valence-electron chi connectivity index (χ1n) is 10.1. The van der Waals surface area contributed by atoms with E-state index in [4.69, 9.17) is 21.1 Å². The van der Waals surface area contributed by atoms with Crippen molar-refractivity contribution >= 4 is 28.6 Å². The van der Waals surface area contributed by atoms with Gasteiger partial charge >= 0.3 is 29.6 Å². The molecular weight excluding hydrogens is 443 g/mol. The van der Waals surface area contributed by atoms with Crippen molar-refractivity contribution in [3.8, 4) is 11.5 Å². The van der Waals surface area contributed by atoms with E-state index >= 15 is 0 Å². The predicted octanol–water partition coefficient (Wildman–Crippen LogP) is 0.374. The molecule has 0 aliphatic rings. The first kappa shape index (κ1) is 26.2. The molecule has 0 amide bonds. The van der Waals surface area contributed by atoms with Crippen LogP contribution in [0.25, 0.3) is 11.0 Å². The third-order valence-electron chi connectivity index (χ3n) is 4.97. The number of carboxylic acids is 1. The number of fused-ring (bicyclic) bond motifs is 1. The summed E-state index contributed by atoms with van der Waals surface area (Å²) in [5, 5.41) is 12.1. The molecule has 0 fully saturated rings. The molecule has 0 spiro atoms. The average molecular weight is 467 g/mol. The van der Waals surface area contributed by atoms with Crippen LogP contribution in [-0.4, -0.2) is 29.2 Å². The zero-order valence-electron chi connectivity index (χ0n) is 18.5. The van der Waals surface area contributed by atoms with E-state index in [1.165, 1.54) is 6.20 Å². The van der Waals surface area contributed by atoms with Crippen molar-refractivity contribution in [3.05, 3.63) is 63.0 Å². The van der Waals surface area contributed by atoms with Gasteiger partial charge in [0.1, 0.15) is 17.1 Å². The number of nitrogens with zero attached hydrogens (tertiary/aromatic N) is 2. The van der Waals surface area contributed by atoms with E-state index in [0.717, 1.165) is 31.4 Å². The second kappa shape index (κ2) is 12.3. The number of aromatic carboxylic acids is 1. The third-order valence-corrected chi connectivity index (χ3v) is 5.27. The van der Waals surface area contributed by atoms with Crippen molar-refractivity contribution in [2.45, 2.75) is 39.2 Å². The number of aryl methyl sites for hydroxylation is 2. The Morgan fingerprint density at radius 3 is 2.59 bits per heavy atom. The molecular formula is C23H24ClN2NaO5. The summed E-state index contributed by atoms with van der Waals surface area (Å²) in [7, 11) is 1.58. The molecule has 0 aliphatic heterocycles. The van der Waals surface area contributed by atoms with Gasteiger partial charge in [-0.1, -0.05) is 24.4 Å². The summed E-state index contributed by atoms with van der Waals surface area (Å²) in [5.41, 5.74) is 0.347. The average Bonchev–Trinajstić information content (AvgIpc) is 2.74. The molecule has 1 aromatic carbocycles. The molecule has 3 rings (SSSR count). The van der Waals surface area contributed by atoms with Crippen LogP contribution in [0.1, 0.15) is 41.7 Å². The second-order valence-corrected chi connectivity index (χ2v) is 7.64. The number of hydrogen-bond acceptors (Lipinski definition) is 6. The van der Waals surface area contributed by atoms with Crippen LogP contribution >= 0.6 is 11.6 Å². The minimum Gasteiger partial charge on any atom is -0.545 e. The van der Waals surface area contributed by atoms with Gasteiger partial charge in [-0.2, -0.15) is 0 Å². The van der Waals surface area contributed by atoms with E-state index in [-0.39, 0.29) is 40.5 Å². The number of carboxylic acid groups (broad SMARTS) is 1. The van der Waals surface area contributed by atoms with Gasteiger partial charge in [0, 0.05) is 24.5 Å². The zero-order chi connectivity index (χ0) is 22.4. The van der Waals surface area contributed by atoms with E-state index < -0.39 is 11.4 Å². The maximum atomic E-state index is 12.4. The number of rotatable bonds is 10. The van der Waals surface area contributed by atoms with Crippen LogP contribution in [0.5, 0.6) is 11.5 Å². The summed E-state index contributed by atoms with van der Waals surface area (Å²) < 4.78 is 12.6. The summed E-state index contributed by atoms with van der Waals surface area (Å²) in [4.78, 5) is 28.1. The predicted molar refractivity (Wildman–Crippen MR) is 117 cm³/mol. The maximum absolute atomic E-state index is 12.4. The molecule has 164 valence electrons. The minimum absolute atomic E-state index is 0. The van der Waals surface area contributed by atoms with Crippen molar-refractivity contribution in [1.29, 1.82) is 0 Å². The Kier molecular flexibility index (Phi) is 10.0. The van der Waals surface area contributed by atoms with Gasteiger partial charge in [0.25, 0.3) is 0 Å². The van der Waals surface area contributed by atoms with Gasteiger partial charge in [0.05, 0.1) is 35.7 Å². The number of carbonyl (C=O) groups excluding carboxylic acids is 1. The van der Waals surface area contributed by atoms with Crippen molar-refractivity contribution in [3.63, 3.8) is 0 Å². The Labute approximate surface area is 213 Å². The van der Waals surface area contributed by atoms with Gasteiger partial charge in [-0.05, 0) is 44.0 Å². The molecule has 7 nitrogen and oxygen atoms in total. The summed E-state index contributed by atoms with van der Waals surface area (Å²) in [6.45, 7) is 2.93. The number of ether oxygens (including phenoxy) is 2. The van der Waals surface area contributed by atoms with Crippen molar-refractivity contribution in [2.75, 3.05) is 13.7 Å². The van der Waals surface area contributed by atoms with E-state index in [9.17, 15) is 14.7 Å². The molecule has 32 heavy (non-hydrogen) atoms. The summed E-state index contributed by atoms with van der Waals surface area (Å²) in [6, 6.07) is 8.61. The molecule has 0 aliphatic carbocycles. The van der Waals surface area contributed by atoms with E-state index in [1.54, 1.807) is 42.0 Å². The van der Waals surface area contributed by atoms with Crippen LogP contribution in [0.15, 0.2) is 41.3 Å². The molecule has 3 aromatic rings. The molecule has 2 aromatic heterocycles. The van der Waals surface area contributed by atoms with Crippen molar-refractivity contribution in [1.82, 2.24) is 9.55 Å². The Hall–Kier alpha value is -2.06. The molecule has 0 unspecified atom stereocenters. The number of benzene rings is 1. The monoisotopic (exact) mass is 466 g/mol. The number of carbonyl (C=O) groups is 1. The van der Waals surface area contributed by atoms with Gasteiger partial charge in [-0.3, -0.25) is 4.79 Å². The fraction of sp³-hybridized carbons (Fsp3) is 0.348. The largest absolute Gasteiger partial charge is 1.00 e. The number of unbranched alkanes of at least 4 members (excludes halogenated alkanes) is 3. The fourth-order valence-electron chi connectivity index (χ4n) is 3.32. The Bertz CT molecular complexity index is 1150. The molecule has 0 N–H and O–H groups in total. The zero-order valence-corrected chi connectivity index (χ0v) is 21.3. The Morgan fingerprint density at radius 2 is 1.91 bits per heavy atom. The van der Waals surface area contributed by atoms with Crippen LogP contribution in [0.3, 0.4) is 0 Å². The SMILES string of the molecule is COc1ccc(OCCCCCCn2cc(C(=O)[O-])c(=O)c3ccc(C)nc32)c(Cl)c1.[Na+]. The van der Waals surface area contributed by atoms with Gasteiger partial charge in [-0.15, -0.1) is 0 Å². The minimum atomic E-state index is -1.48. The molecule has 9 heteroatoms. The molecule has 0 saturated carbocycles. The van der Waals surface area contributed by atoms with E-state index in [2.05, 4.69) is 4.98 Å². The third kappa shape index (κ3) is 6.48. The van der Waals surface area contributed by atoms with E-state index in [0.29, 0.717) is 35.3 Å². The quantitative estimate of drug-likeness (QED) is 0.317. The van der Waals surface area contributed by atoms with Crippen LogP contribution in [-0.2, 0) is 6.54 Å². The fourth-order valence-corrected chi connectivity index (χ4v) is 3.55. The van der Waals surface area contributed by atoms with Crippen LogP contribution in [0, 0.1) is 6.92 Å². The first-order valence-corrected chi connectivity index (χ1v) is 10.5. The summed E-state index contributed by atoms with van der Waals surface area (Å²) in [5.74, 6) is -0.173. The standard InChI is InChI=1S/C23H25ClN2O5.Na/c1-15-7-9-17-21(27)18(23(28)29)14-26(22(17)25-15)11-5-3-4-6-12-31-20-10-8-16(30-2)13-19(20)24;/h7-10,13-14H,3-6,11-12H2,1-2H3,(H,28,29);/q;+1/p-1. The molecule has 0 atom stereocenters. The topological polar surface area (TPSA) is 93.5 Å². The number of halogens is 1. The van der Waals surface area contributed by atoms with E-state index in [1.807, 2.05) is 6.92 Å². The summed E-state index contributed by atoms with van der Waals surface area (Å²) in [6.07, 6.45) is 4.85. The maximum Gasteiger partial charge on any atom is 1.00 e. The number of aromatic nitrogens is 2. The summed E-state index contributed by atoms with van der Waals surface area (Å²) >= 11 is 6.16. The van der Waals surface area contributed by atoms with Gasteiger partial charge in [0.15, 0.2) is 5.43 Å². The Balaban J connectivity index is 0.00000363. The van der Waals surface area contributed by atoms with Crippen molar-refractivity contribution in [2.24, 2.45) is 0 Å². The molecule has 0 bridgehead atoms. The molecule has 2 heterocycles. The molecule has 0 saturated heterocycles. The van der Waals surface area contributed by atoms with Crippen molar-refractivity contribution < 1.29 is 48.9 Å². The normalized spacial score (nSPS) is 10.6. The second-order valence-electron chi connectivity index (χ2n) is 7.24. The molecule has 0 radical (unpaired) electrons. The Morgan fingerprint density at radius 1 is 1.16 bits per heavy atom.